The molecule has 2 unspecified atom stereocenters. The number of primary amides is 1. The molecule has 3 aromatic rings. The molecular weight excluding hydrogens is 492 g/mol. The zero-order valence-electron chi connectivity index (χ0n) is 18.6. The summed E-state index contributed by atoms with van der Waals surface area (Å²) in [6, 6.07) is 7.05. The molecule has 12 heteroatoms. The largest absolute Gasteiger partial charge is 0.381 e. The molecule has 0 bridgehead atoms. The Labute approximate surface area is 207 Å². The highest BCUT2D eigenvalue weighted by atomic mass is 35.5. The van der Waals surface area contributed by atoms with E-state index in [-0.39, 0.29) is 19.0 Å². The first-order valence-electron chi connectivity index (χ1n) is 11.1. The number of hydrogen-bond acceptors (Lipinski definition) is 8. The van der Waals surface area contributed by atoms with Crippen molar-refractivity contribution in [3.8, 4) is 11.1 Å². The molecule has 3 N–H and O–H groups in total. The van der Waals surface area contributed by atoms with Crippen LogP contribution in [0.4, 0.5) is 5.95 Å². The number of hydrogen-bond donors (Lipinski definition) is 2. The lowest BCUT2D eigenvalue weighted by Gasteiger charge is -2.40. The van der Waals surface area contributed by atoms with Crippen LogP contribution in [0.15, 0.2) is 49.1 Å². The summed E-state index contributed by atoms with van der Waals surface area (Å²) in [7, 11) is -3.57. The van der Waals surface area contributed by atoms with E-state index in [1.54, 1.807) is 30.7 Å². The maximum absolute atomic E-state index is 13.0. The average molecular weight is 515 g/mol. The third kappa shape index (κ3) is 4.58. The van der Waals surface area contributed by atoms with E-state index >= 15 is 0 Å². The predicted octanol–water partition coefficient (Wildman–Crippen LogP) is 2.42. The monoisotopic (exact) mass is 514 g/mol. The minimum atomic E-state index is -3.57. The number of rotatable bonds is 7. The van der Waals surface area contributed by atoms with E-state index in [2.05, 4.69) is 24.7 Å². The molecule has 2 atom stereocenters. The normalized spacial score (nSPS) is 22.5. The van der Waals surface area contributed by atoms with E-state index in [0.29, 0.717) is 35.9 Å². The lowest BCUT2D eigenvalue weighted by Crippen LogP contribution is -2.51. The van der Waals surface area contributed by atoms with Crippen LogP contribution in [0.5, 0.6) is 0 Å². The number of amides is 1. The van der Waals surface area contributed by atoms with Crippen LogP contribution in [0.2, 0.25) is 5.02 Å². The maximum atomic E-state index is 13.0. The number of pyridine rings is 2. The molecule has 1 amide bonds. The van der Waals surface area contributed by atoms with E-state index in [0.717, 1.165) is 11.1 Å². The zero-order valence-corrected chi connectivity index (χ0v) is 20.2. The molecule has 1 saturated heterocycles. The Kier molecular flexibility index (Phi) is 6.16. The summed E-state index contributed by atoms with van der Waals surface area (Å²) in [5.41, 5.74) is 7.27. The smallest absolute Gasteiger partial charge is 0.237 e. The molecule has 3 aromatic heterocycles. The first-order valence-corrected chi connectivity index (χ1v) is 13.0. The van der Waals surface area contributed by atoms with E-state index in [4.69, 9.17) is 22.1 Å². The lowest BCUT2D eigenvalue weighted by molar-refractivity contribution is -0.128. The third-order valence-electron chi connectivity index (χ3n) is 6.45. The number of nitrogens with one attached hydrogen (secondary N) is 1. The number of halogens is 1. The fourth-order valence-electron chi connectivity index (χ4n) is 4.41. The Morgan fingerprint density at radius 1 is 1.14 bits per heavy atom. The summed E-state index contributed by atoms with van der Waals surface area (Å²) in [4.78, 5) is 30.2. The van der Waals surface area contributed by atoms with Crippen molar-refractivity contribution in [3.05, 3.63) is 65.5 Å². The van der Waals surface area contributed by atoms with Gasteiger partial charge in [-0.25, -0.2) is 18.4 Å². The second-order valence-corrected chi connectivity index (χ2v) is 11.1. The summed E-state index contributed by atoms with van der Waals surface area (Å²) in [6.07, 6.45) is 7.81. The summed E-state index contributed by atoms with van der Waals surface area (Å²) in [5, 5.41) is 0.0740. The Morgan fingerprint density at radius 3 is 2.66 bits per heavy atom. The summed E-state index contributed by atoms with van der Waals surface area (Å²) in [6.45, 7) is 0.486. The van der Waals surface area contributed by atoms with Gasteiger partial charge >= 0.3 is 0 Å². The summed E-state index contributed by atoms with van der Waals surface area (Å²) in [5.74, 6) is -1.22. The molecule has 10 nitrogen and oxygen atoms in total. The van der Waals surface area contributed by atoms with E-state index in [9.17, 15) is 13.2 Å². The van der Waals surface area contributed by atoms with Crippen molar-refractivity contribution in [3.63, 3.8) is 0 Å². The number of nitrogens with two attached hydrogens (primary N) is 1. The Hall–Kier alpha value is -3.15. The number of carbonyl (C=O) groups is 1. The van der Waals surface area contributed by atoms with Gasteiger partial charge in [-0.3, -0.25) is 19.5 Å². The molecule has 2 aliphatic rings. The van der Waals surface area contributed by atoms with Crippen molar-refractivity contribution in [1.82, 2.24) is 19.9 Å². The molecule has 35 heavy (non-hydrogen) atoms. The molecular formula is C23H23ClN6O4S. The van der Waals surface area contributed by atoms with Crippen LogP contribution < -0.4 is 10.5 Å². The highest BCUT2D eigenvalue weighted by Crippen LogP contribution is 2.44. The number of carbonyl (C=O) groups excluding carboxylic acids is 1. The van der Waals surface area contributed by atoms with Gasteiger partial charge in [0.2, 0.25) is 21.9 Å². The average Bonchev–Trinajstić information content (AvgIpc) is 3.70. The van der Waals surface area contributed by atoms with Gasteiger partial charge in [0.1, 0.15) is 5.41 Å². The van der Waals surface area contributed by atoms with Gasteiger partial charge in [0.15, 0.2) is 0 Å². The van der Waals surface area contributed by atoms with Crippen LogP contribution in [0.3, 0.4) is 0 Å². The summed E-state index contributed by atoms with van der Waals surface area (Å²) < 4.78 is 32.9. The molecule has 0 radical (unpaired) electrons. The number of aromatic nitrogens is 4. The summed E-state index contributed by atoms with van der Waals surface area (Å²) >= 11 is 6.06. The van der Waals surface area contributed by atoms with Crippen LogP contribution >= 0.6 is 11.6 Å². The first-order chi connectivity index (χ1) is 16.8. The molecule has 0 spiro atoms. The van der Waals surface area contributed by atoms with Gasteiger partial charge in [-0.05, 0) is 37.5 Å². The maximum Gasteiger partial charge on any atom is 0.237 e. The molecule has 5 rings (SSSR count). The fraction of sp³-hybridized carbons (Fsp3) is 0.348. The van der Waals surface area contributed by atoms with Gasteiger partial charge in [0.05, 0.1) is 22.6 Å². The minimum Gasteiger partial charge on any atom is -0.381 e. The first kappa shape index (κ1) is 23.6. The highest BCUT2D eigenvalue weighted by Gasteiger charge is 2.50. The minimum absolute atomic E-state index is 0.0861. The Morgan fingerprint density at radius 2 is 1.97 bits per heavy atom. The predicted molar refractivity (Wildman–Crippen MR) is 129 cm³/mol. The van der Waals surface area contributed by atoms with E-state index in [1.165, 1.54) is 6.20 Å². The van der Waals surface area contributed by atoms with Gasteiger partial charge in [0, 0.05) is 54.1 Å². The molecule has 1 aliphatic carbocycles. The second kappa shape index (κ2) is 9.14. The topological polar surface area (TPSA) is 150 Å². The van der Waals surface area contributed by atoms with Gasteiger partial charge in [0.25, 0.3) is 0 Å². The fourth-order valence-corrected chi connectivity index (χ4v) is 5.86. The number of sulfonamides is 1. The molecule has 4 heterocycles. The third-order valence-corrected chi connectivity index (χ3v) is 8.47. The van der Waals surface area contributed by atoms with Crippen molar-refractivity contribution in [2.45, 2.75) is 35.8 Å². The van der Waals surface area contributed by atoms with E-state index in [1.807, 2.05) is 12.1 Å². The molecule has 1 saturated carbocycles. The number of ether oxygens (including phenoxy) is 1. The van der Waals surface area contributed by atoms with Gasteiger partial charge in [-0.15, -0.1) is 0 Å². The van der Waals surface area contributed by atoms with Gasteiger partial charge in [-0.2, -0.15) is 0 Å². The quantitative estimate of drug-likeness (QED) is 0.488. The van der Waals surface area contributed by atoms with Crippen molar-refractivity contribution >= 4 is 33.5 Å². The van der Waals surface area contributed by atoms with Crippen molar-refractivity contribution in [2.24, 2.45) is 5.73 Å². The molecule has 2 fully saturated rings. The lowest BCUT2D eigenvalue weighted by atomic mass is 9.67. The number of nitrogens with zero attached hydrogens (tertiary/aromatic N) is 4. The molecule has 182 valence electrons. The van der Waals surface area contributed by atoms with Crippen LogP contribution in [-0.2, 0) is 25.0 Å². The van der Waals surface area contributed by atoms with Gasteiger partial charge < -0.3 is 10.5 Å². The van der Waals surface area contributed by atoms with Crippen LogP contribution in [-0.4, -0.2) is 52.7 Å². The van der Waals surface area contributed by atoms with E-state index < -0.39 is 32.5 Å². The molecule has 0 aromatic carbocycles. The van der Waals surface area contributed by atoms with Crippen LogP contribution in [0, 0.1) is 0 Å². The zero-order chi connectivity index (χ0) is 24.6. The standard InChI is InChI=1S/C23H23ClN6O4S/c24-16-9-15(10-26-12-16)14-1-4-19(28-11-14)18-13-34-8-6-23(18,21(25)31)20-5-7-27-22(29-20)30-35(32,33)17-2-3-17/h1,4-5,7,9-12,17-18H,2-3,6,8,13H2,(H2,25,31)(H,27,29,30). The molecule has 1 aliphatic heterocycles. The Balaban J connectivity index is 1.51. The number of anilines is 1. The SMILES string of the molecule is NC(=O)C1(c2ccnc(NS(=O)(=O)C3CC3)n2)CCOCC1c1ccc(-c2cncc(Cl)c2)cn1. The highest BCUT2D eigenvalue weighted by molar-refractivity contribution is 7.93. The van der Waals surface area contributed by atoms with Crippen LogP contribution in [0.25, 0.3) is 11.1 Å². The Bertz CT molecular complexity index is 1370. The second-order valence-electron chi connectivity index (χ2n) is 8.69. The van der Waals surface area contributed by atoms with Crippen molar-refractivity contribution < 1.29 is 17.9 Å². The van der Waals surface area contributed by atoms with Crippen LogP contribution in [0.1, 0.15) is 36.6 Å². The van der Waals surface area contributed by atoms with Gasteiger partial charge in [-0.1, -0.05) is 17.7 Å². The van der Waals surface area contributed by atoms with Crippen molar-refractivity contribution in [2.75, 3.05) is 17.9 Å². The van der Waals surface area contributed by atoms with Crippen molar-refractivity contribution in [1.29, 1.82) is 0 Å².